The number of carbonyl (C=O) groups excluding carboxylic acids is 2. The Kier molecular flexibility index (Phi) is 5.91. The van der Waals surface area contributed by atoms with Gasteiger partial charge in [-0.1, -0.05) is 23.4 Å². The fraction of sp³-hybridized carbons (Fsp3) is 0.304. The number of hydrogen-bond donors (Lipinski definition) is 3. The molecule has 5 N–H and O–H groups in total. The Balaban J connectivity index is 0.000000260. The fourth-order valence-corrected chi connectivity index (χ4v) is 3.65. The molecule has 166 valence electrons. The maximum atomic E-state index is 11.7. The molecule has 1 atom stereocenters. The second-order valence-electron chi connectivity index (χ2n) is 8.03. The van der Waals surface area contributed by atoms with Crippen molar-refractivity contribution < 1.29 is 19.2 Å². The highest BCUT2D eigenvalue weighted by Crippen LogP contribution is 2.44. The molecule has 2 fully saturated rings. The molecule has 0 radical (unpaired) electrons. The minimum atomic E-state index is -0.722. The molecule has 1 aromatic carbocycles. The Morgan fingerprint density at radius 2 is 1.88 bits per heavy atom. The van der Waals surface area contributed by atoms with Crippen LogP contribution in [0.3, 0.4) is 0 Å². The zero-order valence-corrected chi connectivity index (χ0v) is 17.7. The average Bonchev–Trinajstić information content (AvgIpc) is 3.40. The van der Waals surface area contributed by atoms with Crippen LogP contribution in [0.1, 0.15) is 41.2 Å². The second kappa shape index (κ2) is 8.80. The minimum Gasteiger partial charge on any atom is -0.397 e. The summed E-state index contributed by atoms with van der Waals surface area (Å²) in [5.41, 5.74) is 16.3. The third-order valence-electron chi connectivity index (χ3n) is 5.63. The highest BCUT2D eigenvalue weighted by molar-refractivity contribution is 5.97. The summed E-state index contributed by atoms with van der Waals surface area (Å²) in [6, 6.07) is 11.5. The van der Waals surface area contributed by atoms with Gasteiger partial charge in [0, 0.05) is 30.8 Å². The van der Waals surface area contributed by atoms with Crippen LogP contribution in [0.4, 0.5) is 5.69 Å². The van der Waals surface area contributed by atoms with Crippen molar-refractivity contribution in [1.29, 1.82) is 0 Å². The largest absolute Gasteiger partial charge is 0.397 e. The molecule has 32 heavy (non-hydrogen) atoms. The topological polar surface area (TPSA) is 149 Å². The lowest BCUT2D eigenvalue weighted by Crippen LogP contribution is -2.24. The van der Waals surface area contributed by atoms with E-state index < -0.39 is 12.0 Å². The van der Waals surface area contributed by atoms with Crippen LogP contribution in [-0.2, 0) is 4.79 Å². The van der Waals surface area contributed by atoms with Crippen molar-refractivity contribution in [2.45, 2.75) is 31.3 Å². The highest BCUT2D eigenvalue weighted by atomic mass is 16.5. The zero-order valence-electron chi connectivity index (χ0n) is 17.7. The van der Waals surface area contributed by atoms with Gasteiger partial charge in [-0.2, -0.15) is 0 Å². The molecule has 0 spiro atoms. The number of nitrogen functional groups attached to an aromatic ring is 1. The van der Waals surface area contributed by atoms with Gasteiger partial charge in [-0.05, 0) is 42.9 Å². The van der Waals surface area contributed by atoms with E-state index in [-0.39, 0.29) is 11.6 Å². The average molecular weight is 435 g/mol. The second-order valence-corrected chi connectivity index (χ2v) is 8.03. The molecule has 1 unspecified atom stereocenters. The summed E-state index contributed by atoms with van der Waals surface area (Å²) >= 11 is 0. The number of rotatable bonds is 4. The van der Waals surface area contributed by atoms with Crippen molar-refractivity contribution in [2.24, 2.45) is 5.73 Å². The van der Waals surface area contributed by atoms with Gasteiger partial charge >= 0.3 is 0 Å². The van der Waals surface area contributed by atoms with Crippen LogP contribution in [0.5, 0.6) is 0 Å². The Morgan fingerprint density at radius 3 is 2.38 bits per heavy atom. The molecule has 3 aromatic rings. The van der Waals surface area contributed by atoms with Crippen LogP contribution >= 0.6 is 0 Å². The summed E-state index contributed by atoms with van der Waals surface area (Å²) in [5.74, 6) is -0.363. The van der Waals surface area contributed by atoms with E-state index in [0.29, 0.717) is 30.3 Å². The molecular weight excluding hydrogens is 410 g/mol. The lowest BCUT2D eigenvalue weighted by Gasteiger charge is -2.11. The predicted molar refractivity (Wildman–Crippen MR) is 118 cm³/mol. The number of hydrogen-bond acceptors (Lipinski definition) is 7. The number of aromatic nitrogens is 2. The van der Waals surface area contributed by atoms with Crippen molar-refractivity contribution in [3.63, 3.8) is 0 Å². The standard InChI is InChI=1S/C18H16N4O2.C5H9NO2/c19-16-13(10-4-5-10)9-15(21-17(16)18(20)23)12-3-1-2-11(8-12)14-6-7-24-22-14;1-6-3-2-4(7)5(6)8/h1-3,6-10H,4-5,19H2,(H2,20,23);4,7H,2-3H2,1H3. The molecule has 1 saturated carbocycles. The van der Waals surface area contributed by atoms with Crippen molar-refractivity contribution in [3.05, 3.63) is 53.9 Å². The highest BCUT2D eigenvalue weighted by Gasteiger charge is 2.29. The molecule has 9 nitrogen and oxygen atoms in total. The van der Waals surface area contributed by atoms with Gasteiger partial charge in [0.2, 0.25) is 0 Å². The van der Waals surface area contributed by atoms with Gasteiger partial charge in [0.25, 0.3) is 11.8 Å². The normalized spacial score (nSPS) is 17.8. The molecule has 2 aromatic heterocycles. The maximum Gasteiger partial charge on any atom is 0.269 e. The minimum absolute atomic E-state index is 0.140. The number of likely N-dealkylation sites (N-methyl/N-ethyl adjacent to an activating group) is 1. The van der Waals surface area contributed by atoms with Crippen molar-refractivity contribution in [1.82, 2.24) is 15.0 Å². The number of carbonyl (C=O) groups is 2. The van der Waals surface area contributed by atoms with E-state index in [1.54, 1.807) is 13.1 Å². The van der Waals surface area contributed by atoms with Gasteiger partial charge in [0.05, 0.1) is 11.4 Å². The summed E-state index contributed by atoms with van der Waals surface area (Å²) in [7, 11) is 1.69. The number of anilines is 1. The van der Waals surface area contributed by atoms with E-state index in [4.69, 9.17) is 21.1 Å². The molecule has 1 aliphatic carbocycles. The van der Waals surface area contributed by atoms with Crippen LogP contribution < -0.4 is 11.5 Å². The first-order valence-corrected chi connectivity index (χ1v) is 10.4. The smallest absolute Gasteiger partial charge is 0.269 e. The fourth-order valence-electron chi connectivity index (χ4n) is 3.65. The first-order valence-electron chi connectivity index (χ1n) is 10.4. The number of nitrogens with two attached hydrogens (primary N) is 2. The van der Waals surface area contributed by atoms with Crippen LogP contribution in [0.2, 0.25) is 0 Å². The van der Waals surface area contributed by atoms with E-state index >= 15 is 0 Å². The first-order chi connectivity index (χ1) is 15.3. The SMILES string of the molecule is CN1CCC(O)C1=O.NC(=O)c1nc(-c2cccc(-c3ccon3)c2)cc(C2CC2)c1N. The number of amides is 2. The monoisotopic (exact) mass is 435 g/mol. The van der Waals surface area contributed by atoms with Gasteiger partial charge in [-0.3, -0.25) is 9.59 Å². The Bertz CT molecular complexity index is 1130. The number of likely N-dealkylation sites (tertiary alicyclic amines) is 1. The summed E-state index contributed by atoms with van der Waals surface area (Å²) < 4.78 is 4.90. The van der Waals surface area contributed by atoms with E-state index in [9.17, 15) is 9.59 Å². The maximum absolute atomic E-state index is 11.7. The number of benzene rings is 1. The van der Waals surface area contributed by atoms with Crippen LogP contribution in [-0.4, -0.2) is 51.7 Å². The molecule has 0 bridgehead atoms. The van der Waals surface area contributed by atoms with Gasteiger partial charge < -0.3 is 26.0 Å². The third-order valence-corrected chi connectivity index (χ3v) is 5.63. The molecule has 1 aliphatic heterocycles. The van der Waals surface area contributed by atoms with E-state index in [1.807, 2.05) is 30.3 Å². The molecule has 3 heterocycles. The van der Waals surface area contributed by atoms with Crippen molar-refractivity contribution >= 4 is 17.5 Å². The third kappa shape index (κ3) is 4.47. The van der Waals surface area contributed by atoms with Gasteiger partial charge in [-0.25, -0.2) is 4.98 Å². The first kappa shape index (κ1) is 21.5. The number of nitrogens with zero attached hydrogens (tertiary/aromatic N) is 3. The predicted octanol–water partition coefficient (Wildman–Crippen LogP) is 2.17. The lowest BCUT2D eigenvalue weighted by molar-refractivity contribution is -0.133. The summed E-state index contributed by atoms with van der Waals surface area (Å²) in [6.07, 6.45) is 3.55. The molecule has 9 heteroatoms. The molecule has 2 aliphatic rings. The molecule has 5 rings (SSSR count). The molecular formula is C23H25N5O4. The van der Waals surface area contributed by atoms with Gasteiger partial charge in [-0.15, -0.1) is 0 Å². The van der Waals surface area contributed by atoms with Crippen LogP contribution in [0, 0.1) is 0 Å². The summed E-state index contributed by atoms with van der Waals surface area (Å²) in [5, 5.41) is 12.7. The summed E-state index contributed by atoms with van der Waals surface area (Å²) in [6.45, 7) is 0.694. The Morgan fingerprint density at radius 1 is 1.16 bits per heavy atom. The number of aliphatic hydroxyl groups excluding tert-OH is 1. The lowest BCUT2D eigenvalue weighted by atomic mass is 10.0. The molecule has 1 saturated heterocycles. The quantitative estimate of drug-likeness (QED) is 0.568. The van der Waals surface area contributed by atoms with E-state index in [2.05, 4.69) is 10.1 Å². The number of pyridine rings is 1. The molecule has 2 amide bonds. The summed E-state index contributed by atoms with van der Waals surface area (Å²) in [4.78, 5) is 28.2. The number of primary amides is 1. The van der Waals surface area contributed by atoms with Gasteiger partial charge in [0.15, 0.2) is 5.69 Å². The number of aliphatic hydroxyl groups is 1. The van der Waals surface area contributed by atoms with E-state index in [0.717, 1.165) is 35.2 Å². The van der Waals surface area contributed by atoms with Crippen molar-refractivity contribution in [2.75, 3.05) is 19.3 Å². The Hall–Kier alpha value is -3.72. The zero-order chi connectivity index (χ0) is 22.8. The van der Waals surface area contributed by atoms with Crippen molar-refractivity contribution in [3.8, 4) is 22.5 Å². The van der Waals surface area contributed by atoms with Crippen LogP contribution in [0.25, 0.3) is 22.5 Å². The van der Waals surface area contributed by atoms with Crippen LogP contribution in [0.15, 0.2) is 47.2 Å². The van der Waals surface area contributed by atoms with E-state index in [1.165, 1.54) is 11.2 Å². The van der Waals surface area contributed by atoms with Gasteiger partial charge in [0.1, 0.15) is 18.1 Å². The Labute approximate surface area is 185 Å².